The van der Waals surface area contributed by atoms with Crippen molar-refractivity contribution in [3.8, 4) is 28.3 Å². The smallest absolute Gasteiger partial charge is 0.410 e. The Labute approximate surface area is 270 Å². The summed E-state index contributed by atoms with van der Waals surface area (Å²) in [5.41, 5.74) is 12.7. The average Bonchev–Trinajstić information content (AvgIpc) is 3.62. The number of aromatic nitrogens is 4. The number of rotatable bonds is 5. The summed E-state index contributed by atoms with van der Waals surface area (Å²) in [6.07, 6.45) is 4.71. The lowest BCUT2D eigenvalue weighted by molar-refractivity contribution is 0.0109. The van der Waals surface area contributed by atoms with E-state index in [1.165, 1.54) is 12.0 Å². The number of hydrogen-bond donors (Lipinski definition) is 1. The standard InChI is InChI=1S/C37H41N7O2/c1-36(2,3)46-35(45)43-22-18-37(19-23-43)17-21-42(25-37)24-26-11-13-28(14-12-26)44-33(29-10-7-20-39-32(29)38)41-31-16-15-30(40-34(31)44)27-8-5-4-6-9-27/h4-16,20H,17-19,21-25H2,1-3H3,(H2,38,39). The molecule has 7 rings (SSSR count). The second kappa shape index (κ2) is 11.9. The van der Waals surface area contributed by atoms with Gasteiger partial charge in [0.15, 0.2) is 11.5 Å². The molecule has 2 aliphatic heterocycles. The van der Waals surface area contributed by atoms with Crippen LogP contribution in [-0.4, -0.2) is 67.2 Å². The Hall–Kier alpha value is -4.76. The third-order valence-corrected chi connectivity index (χ3v) is 9.25. The molecule has 1 amide bonds. The maximum absolute atomic E-state index is 12.6. The molecule has 0 bridgehead atoms. The fourth-order valence-electron chi connectivity index (χ4n) is 6.83. The van der Waals surface area contributed by atoms with E-state index in [9.17, 15) is 4.79 Å². The van der Waals surface area contributed by atoms with Crippen molar-refractivity contribution in [3.05, 3.63) is 90.6 Å². The number of benzene rings is 2. The number of carbonyl (C=O) groups excluding carboxylic acids is 1. The van der Waals surface area contributed by atoms with Gasteiger partial charge >= 0.3 is 6.09 Å². The Balaban J connectivity index is 1.11. The highest BCUT2D eigenvalue weighted by molar-refractivity contribution is 5.84. The van der Waals surface area contributed by atoms with Crippen LogP contribution in [0.3, 0.4) is 0 Å². The summed E-state index contributed by atoms with van der Waals surface area (Å²) in [7, 11) is 0. The first-order chi connectivity index (χ1) is 22.2. The van der Waals surface area contributed by atoms with Gasteiger partial charge in [-0.05, 0) is 94.0 Å². The molecule has 2 aliphatic rings. The number of fused-ring (bicyclic) bond motifs is 1. The van der Waals surface area contributed by atoms with E-state index in [4.69, 9.17) is 20.4 Å². The number of pyridine rings is 2. The van der Waals surface area contributed by atoms with E-state index in [0.717, 1.165) is 79.2 Å². The first kappa shape index (κ1) is 29.9. The molecule has 0 radical (unpaired) electrons. The fraction of sp³-hybridized carbons (Fsp3) is 0.351. The van der Waals surface area contributed by atoms with Crippen LogP contribution >= 0.6 is 0 Å². The molecule has 0 aliphatic carbocycles. The summed E-state index contributed by atoms with van der Waals surface area (Å²) in [6, 6.07) is 26.8. The third-order valence-electron chi connectivity index (χ3n) is 9.25. The molecule has 0 unspecified atom stereocenters. The molecule has 9 nitrogen and oxygen atoms in total. The lowest BCUT2D eigenvalue weighted by atomic mass is 9.78. The molecular weight excluding hydrogens is 574 g/mol. The van der Waals surface area contributed by atoms with Gasteiger partial charge in [-0.25, -0.2) is 19.7 Å². The van der Waals surface area contributed by atoms with Crippen molar-refractivity contribution in [2.45, 2.75) is 52.2 Å². The topological polar surface area (TPSA) is 102 Å². The molecule has 5 aromatic rings. The van der Waals surface area contributed by atoms with Crippen LogP contribution in [0.1, 0.15) is 45.6 Å². The Kier molecular flexibility index (Phi) is 7.72. The van der Waals surface area contributed by atoms with E-state index in [2.05, 4.69) is 50.8 Å². The Bertz CT molecular complexity index is 1850. The molecule has 2 aromatic carbocycles. The number of ether oxygens (including phenoxy) is 1. The van der Waals surface area contributed by atoms with E-state index in [0.29, 0.717) is 11.6 Å². The quantitative estimate of drug-likeness (QED) is 0.228. The molecule has 2 fully saturated rings. The molecule has 0 atom stereocenters. The summed E-state index contributed by atoms with van der Waals surface area (Å²) < 4.78 is 7.70. The lowest BCUT2D eigenvalue weighted by Gasteiger charge is -2.39. The van der Waals surface area contributed by atoms with Crippen molar-refractivity contribution < 1.29 is 9.53 Å². The maximum Gasteiger partial charge on any atom is 0.410 e. The van der Waals surface area contributed by atoms with Crippen LogP contribution < -0.4 is 5.73 Å². The van der Waals surface area contributed by atoms with E-state index in [1.54, 1.807) is 6.20 Å². The first-order valence-electron chi connectivity index (χ1n) is 16.1. The predicted octanol–water partition coefficient (Wildman–Crippen LogP) is 6.95. The second-order valence-electron chi connectivity index (χ2n) is 13.7. The summed E-state index contributed by atoms with van der Waals surface area (Å²) in [4.78, 5) is 31.4. The SMILES string of the molecule is CC(C)(C)OC(=O)N1CCC2(CCN(Cc3ccc(-n4c(-c5cccnc5N)nc5ccc(-c6ccccc6)nc54)cc3)C2)CC1. The first-order valence-corrected chi connectivity index (χ1v) is 16.1. The van der Waals surface area contributed by atoms with Gasteiger partial charge in [0, 0.05) is 43.6 Å². The zero-order chi connectivity index (χ0) is 31.9. The van der Waals surface area contributed by atoms with Crippen LogP contribution in [0.5, 0.6) is 0 Å². The number of nitrogen functional groups attached to an aromatic ring is 1. The third kappa shape index (κ3) is 6.07. The normalized spacial score (nSPS) is 16.7. The minimum atomic E-state index is -0.466. The van der Waals surface area contributed by atoms with Gasteiger partial charge < -0.3 is 15.4 Å². The molecule has 2 saturated heterocycles. The maximum atomic E-state index is 12.6. The highest BCUT2D eigenvalue weighted by Crippen LogP contribution is 2.41. The number of imidazole rings is 1. The molecule has 5 heterocycles. The van der Waals surface area contributed by atoms with Crippen LogP contribution in [0, 0.1) is 5.41 Å². The number of likely N-dealkylation sites (tertiary alicyclic amines) is 2. The summed E-state index contributed by atoms with van der Waals surface area (Å²) in [5.74, 6) is 1.14. The van der Waals surface area contributed by atoms with Gasteiger partial charge in [0.05, 0.1) is 11.3 Å². The highest BCUT2D eigenvalue weighted by atomic mass is 16.6. The number of piperidine rings is 1. The number of amides is 1. The van der Waals surface area contributed by atoms with Crippen molar-refractivity contribution in [1.29, 1.82) is 0 Å². The van der Waals surface area contributed by atoms with E-state index in [-0.39, 0.29) is 11.5 Å². The number of nitrogens with zero attached hydrogens (tertiary/aromatic N) is 6. The van der Waals surface area contributed by atoms with Crippen molar-refractivity contribution >= 4 is 23.1 Å². The molecule has 46 heavy (non-hydrogen) atoms. The second-order valence-corrected chi connectivity index (χ2v) is 13.7. The van der Waals surface area contributed by atoms with Crippen molar-refractivity contribution in [2.75, 3.05) is 31.9 Å². The monoisotopic (exact) mass is 615 g/mol. The van der Waals surface area contributed by atoms with E-state index in [1.807, 2.05) is 68.1 Å². The Morgan fingerprint density at radius 1 is 0.891 bits per heavy atom. The molecule has 236 valence electrons. The van der Waals surface area contributed by atoms with Gasteiger partial charge in [-0.1, -0.05) is 42.5 Å². The van der Waals surface area contributed by atoms with Crippen LogP contribution in [0.4, 0.5) is 10.6 Å². The van der Waals surface area contributed by atoms with Gasteiger partial charge in [0.25, 0.3) is 0 Å². The van der Waals surface area contributed by atoms with Gasteiger partial charge in [0.1, 0.15) is 16.9 Å². The molecule has 0 saturated carbocycles. The number of carbonyl (C=O) groups is 1. The van der Waals surface area contributed by atoms with E-state index < -0.39 is 5.60 Å². The largest absolute Gasteiger partial charge is 0.444 e. The summed E-state index contributed by atoms with van der Waals surface area (Å²) in [6.45, 7) is 10.3. The number of anilines is 1. The number of hydrogen-bond acceptors (Lipinski definition) is 7. The van der Waals surface area contributed by atoms with Gasteiger partial charge in [0.2, 0.25) is 0 Å². The molecule has 9 heteroatoms. The van der Waals surface area contributed by atoms with Crippen LogP contribution in [-0.2, 0) is 11.3 Å². The van der Waals surface area contributed by atoms with Crippen LogP contribution in [0.25, 0.3) is 39.5 Å². The summed E-state index contributed by atoms with van der Waals surface area (Å²) >= 11 is 0. The zero-order valence-corrected chi connectivity index (χ0v) is 26.8. The average molecular weight is 616 g/mol. The minimum absolute atomic E-state index is 0.191. The molecule has 2 N–H and O–H groups in total. The van der Waals surface area contributed by atoms with Gasteiger partial charge in [-0.3, -0.25) is 9.47 Å². The van der Waals surface area contributed by atoms with E-state index >= 15 is 0 Å². The highest BCUT2D eigenvalue weighted by Gasteiger charge is 2.41. The fourth-order valence-corrected chi connectivity index (χ4v) is 6.83. The molecule has 1 spiro atoms. The lowest BCUT2D eigenvalue weighted by Crippen LogP contribution is -2.46. The summed E-state index contributed by atoms with van der Waals surface area (Å²) in [5, 5.41) is 0. The minimum Gasteiger partial charge on any atom is -0.444 e. The Morgan fingerprint density at radius 2 is 1.63 bits per heavy atom. The van der Waals surface area contributed by atoms with Crippen molar-refractivity contribution in [2.24, 2.45) is 5.41 Å². The van der Waals surface area contributed by atoms with Gasteiger partial charge in [-0.15, -0.1) is 0 Å². The predicted molar refractivity (Wildman–Crippen MR) is 181 cm³/mol. The van der Waals surface area contributed by atoms with Crippen molar-refractivity contribution in [1.82, 2.24) is 29.3 Å². The van der Waals surface area contributed by atoms with Crippen LogP contribution in [0.15, 0.2) is 85.1 Å². The van der Waals surface area contributed by atoms with Gasteiger partial charge in [-0.2, -0.15) is 0 Å². The zero-order valence-electron chi connectivity index (χ0n) is 26.8. The Morgan fingerprint density at radius 3 is 2.35 bits per heavy atom. The number of nitrogens with two attached hydrogens (primary N) is 1. The van der Waals surface area contributed by atoms with Crippen LogP contribution in [0.2, 0.25) is 0 Å². The molecule has 3 aromatic heterocycles. The molecular formula is C37H41N7O2. The van der Waals surface area contributed by atoms with Crippen molar-refractivity contribution in [3.63, 3.8) is 0 Å².